The molecule has 1 aromatic carbocycles. The van der Waals surface area contributed by atoms with Gasteiger partial charge in [0.1, 0.15) is 11.8 Å². The van der Waals surface area contributed by atoms with Crippen LogP contribution in [-0.2, 0) is 0 Å². The number of rotatable bonds is 3. The number of benzene rings is 1. The van der Waals surface area contributed by atoms with Crippen molar-refractivity contribution in [2.75, 3.05) is 13.7 Å². The van der Waals surface area contributed by atoms with Gasteiger partial charge in [0.2, 0.25) is 0 Å². The molecule has 0 spiro atoms. The molecule has 1 fully saturated rings. The maximum atomic E-state index is 5.29. The van der Waals surface area contributed by atoms with Gasteiger partial charge < -0.3 is 9.64 Å². The number of thioether (sulfide) groups is 1. The van der Waals surface area contributed by atoms with Crippen molar-refractivity contribution in [3.63, 3.8) is 0 Å². The minimum absolute atomic E-state index is 0.0552. The van der Waals surface area contributed by atoms with Crippen LogP contribution in [0.4, 0.5) is 0 Å². The fourth-order valence-electron chi connectivity index (χ4n) is 3.28. The van der Waals surface area contributed by atoms with Gasteiger partial charge in [-0.3, -0.25) is 9.98 Å². The van der Waals surface area contributed by atoms with Crippen molar-refractivity contribution in [2.45, 2.75) is 24.3 Å². The second-order valence-corrected chi connectivity index (χ2v) is 7.32. The summed E-state index contributed by atoms with van der Waals surface area (Å²) >= 11 is 1.86. The van der Waals surface area contributed by atoms with E-state index in [9.17, 15) is 0 Å². The highest BCUT2D eigenvalue weighted by Gasteiger charge is 2.43. The van der Waals surface area contributed by atoms with Gasteiger partial charge in [-0.05, 0) is 29.8 Å². The molecule has 0 saturated carbocycles. The lowest BCUT2D eigenvalue weighted by Gasteiger charge is -2.27. The molecule has 3 atom stereocenters. The molecule has 5 heteroatoms. The number of ether oxygens (including phenoxy) is 1. The molecule has 0 aliphatic carbocycles. The number of pyridine rings is 1. The van der Waals surface area contributed by atoms with Gasteiger partial charge in [0.15, 0.2) is 5.17 Å². The molecule has 1 aromatic heterocycles. The smallest absolute Gasteiger partial charge is 0.160 e. The van der Waals surface area contributed by atoms with Crippen molar-refractivity contribution in [1.29, 1.82) is 0 Å². The monoisotopic (exact) mass is 325 g/mol. The second-order valence-electron chi connectivity index (χ2n) is 5.91. The molecule has 3 heterocycles. The second kappa shape index (κ2) is 5.89. The predicted molar refractivity (Wildman–Crippen MR) is 93.9 cm³/mol. The highest BCUT2D eigenvalue weighted by molar-refractivity contribution is 8.14. The third-order valence-electron chi connectivity index (χ3n) is 4.34. The van der Waals surface area contributed by atoms with Gasteiger partial charge >= 0.3 is 0 Å². The molecule has 0 amide bonds. The molecule has 23 heavy (non-hydrogen) atoms. The lowest BCUT2D eigenvalue weighted by Crippen LogP contribution is -2.28. The molecule has 4 rings (SSSR count). The Morgan fingerprint density at radius 2 is 2.00 bits per heavy atom. The topological polar surface area (TPSA) is 37.7 Å². The van der Waals surface area contributed by atoms with Crippen LogP contribution in [0.5, 0.6) is 5.75 Å². The van der Waals surface area contributed by atoms with Crippen LogP contribution in [0, 0.1) is 0 Å². The van der Waals surface area contributed by atoms with E-state index in [0.29, 0.717) is 5.25 Å². The lowest BCUT2D eigenvalue weighted by atomic mass is 9.96. The van der Waals surface area contributed by atoms with E-state index in [0.717, 1.165) is 23.2 Å². The van der Waals surface area contributed by atoms with Gasteiger partial charge in [-0.25, -0.2) is 0 Å². The normalized spacial score (nSPS) is 26.1. The van der Waals surface area contributed by atoms with E-state index in [1.807, 2.05) is 42.2 Å². The number of methoxy groups -OCH3 is 1. The first kappa shape index (κ1) is 14.6. The largest absolute Gasteiger partial charge is 0.497 e. The number of nitrogens with zero attached hydrogens (tertiary/aromatic N) is 3. The standard InChI is InChI=1S/C18H19N3OS/c1-12-11-21-17(13-6-8-14(22-2)9-7-13)16(20-18(21)23-12)15-5-3-4-10-19-15/h3-10,12,16-17H,11H2,1-2H3/t12-,16+,17-/m1/s1. The van der Waals surface area contributed by atoms with E-state index in [1.54, 1.807) is 7.11 Å². The fraction of sp³-hybridized carbons (Fsp3) is 0.333. The first-order valence-electron chi connectivity index (χ1n) is 7.82. The van der Waals surface area contributed by atoms with Crippen LogP contribution in [0.2, 0.25) is 0 Å². The first-order valence-corrected chi connectivity index (χ1v) is 8.70. The van der Waals surface area contributed by atoms with E-state index < -0.39 is 0 Å². The van der Waals surface area contributed by atoms with Crippen LogP contribution in [0.25, 0.3) is 0 Å². The summed E-state index contributed by atoms with van der Waals surface area (Å²) in [6.07, 6.45) is 1.85. The van der Waals surface area contributed by atoms with Crippen LogP contribution in [0.1, 0.15) is 30.3 Å². The number of amidine groups is 1. The average Bonchev–Trinajstić information content (AvgIpc) is 3.11. The van der Waals surface area contributed by atoms with Gasteiger partial charge in [0, 0.05) is 18.0 Å². The minimum Gasteiger partial charge on any atom is -0.497 e. The van der Waals surface area contributed by atoms with Gasteiger partial charge in [0.05, 0.1) is 18.8 Å². The Morgan fingerprint density at radius 3 is 2.70 bits per heavy atom. The van der Waals surface area contributed by atoms with E-state index >= 15 is 0 Å². The van der Waals surface area contributed by atoms with Crippen LogP contribution >= 0.6 is 11.8 Å². The van der Waals surface area contributed by atoms with Crippen LogP contribution < -0.4 is 4.74 Å². The van der Waals surface area contributed by atoms with Crippen LogP contribution in [-0.4, -0.2) is 34.0 Å². The summed E-state index contributed by atoms with van der Waals surface area (Å²) in [7, 11) is 1.70. The zero-order valence-electron chi connectivity index (χ0n) is 13.2. The molecule has 118 valence electrons. The summed E-state index contributed by atoms with van der Waals surface area (Å²) in [5, 5.41) is 1.73. The molecule has 1 saturated heterocycles. The molecule has 2 aliphatic rings. The average molecular weight is 325 g/mol. The minimum atomic E-state index is 0.0552. The maximum Gasteiger partial charge on any atom is 0.160 e. The number of hydrogen-bond acceptors (Lipinski definition) is 5. The van der Waals surface area contributed by atoms with Crippen molar-refractivity contribution in [3.05, 3.63) is 59.9 Å². The Balaban J connectivity index is 1.74. The number of fused-ring (bicyclic) bond motifs is 1. The van der Waals surface area contributed by atoms with Gasteiger partial charge in [-0.2, -0.15) is 0 Å². The van der Waals surface area contributed by atoms with Crippen LogP contribution in [0.3, 0.4) is 0 Å². The summed E-state index contributed by atoms with van der Waals surface area (Å²) in [6, 6.07) is 14.7. The highest BCUT2D eigenvalue weighted by atomic mass is 32.2. The van der Waals surface area contributed by atoms with Crippen molar-refractivity contribution in [2.24, 2.45) is 4.99 Å². The summed E-state index contributed by atoms with van der Waals surface area (Å²) in [5.74, 6) is 0.881. The molecule has 0 bridgehead atoms. The quantitative estimate of drug-likeness (QED) is 0.863. The summed E-state index contributed by atoms with van der Waals surface area (Å²) in [6.45, 7) is 3.29. The van der Waals surface area contributed by atoms with Crippen molar-refractivity contribution >= 4 is 16.9 Å². The number of aromatic nitrogens is 1. The number of hydrogen-bond donors (Lipinski definition) is 0. The van der Waals surface area contributed by atoms with Gasteiger partial charge in [-0.1, -0.05) is 36.9 Å². The molecular formula is C18H19N3OS. The molecule has 2 aliphatic heterocycles. The first-order chi connectivity index (χ1) is 11.3. The van der Waals surface area contributed by atoms with Crippen molar-refractivity contribution < 1.29 is 4.74 Å². The Bertz CT molecular complexity index is 717. The molecule has 4 nitrogen and oxygen atoms in total. The Hall–Kier alpha value is -2.01. The molecular weight excluding hydrogens is 306 g/mol. The SMILES string of the molecule is COc1ccc([C@@H]2[C@H](c3ccccn3)N=C3S[C@H](C)CN32)cc1. The third kappa shape index (κ3) is 2.59. The lowest BCUT2D eigenvalue weighted by molar-refractivity contribution is 0.321. The fourth-order valence-corrected chi connectivity index (χ4v) is 4.37. The summed E-state index contributed by atoms with van der Waals surface area (Å²) < 4.78 is 5.29. The maximum absolute atomic E-state index is 5.29. The molecule has 0 N–H and O–H groups in total. The van der Waals surface area contributed by atoms with Gasteiger partial charge in [-0.15, -0.1) is 0 Å². The summed E-state index contributed by atoms with van der Waals surface area (Å²) in [5.41, 5.74) is 2.29. The van der Waals surface area contributed by atoms with E-state index in [-0.39, 0.29) is 12.1 Å². The zero-order chi connectivity index (χ0) is 15.8. The summed E-state index contributed by atoms with van der Waals surface area (Å²) in [4.78, 5) is 12.0. The predicted octanol–water partition coefficient (Wildman–Crippen LogP) is 3.68. The van der Waals surface area contributed by atoms with E-state index in [1.165, 1.54) is 5.56 Å². The third-order valence-corrected chi connectivity index (χ3v) is 5.44. The molecule has 2 aromatic rings. The highest BCUT2D eigenvalue weighted by Crippen LogP contribution is 2.47. The zero-order valence-corrected chi connectivity index (χ0v) is 14.0. The van der Waals surface area contributed by atoms with E-state index in [4.69, 9.17) is 9.73 Å². The van der Waals surface area contributed by atoms with E-state index in [2.05, 4.69) is 35.0 Å². The Labute approximate surface area is 140 Å². The van der Waals surface area contributed by atoms with Crippen LogP contribution in [0.15, 0.2) is 53.7 Å². The van der Waals surface area contributed by atoms with Crippen molar-refractivity contribution in [3.8, 4) is 5.75 Å². The van der Waals surface area contributed by atoms with Gasteiger partial charge in [0.25, 0.3) is 0 Å². The Morgan fingerprint density at radius 1 is 1.17 bits per heavy atom. The number of aliphatic imine (C=N–C) groups is 1. The Kier molecular flexibility index (Phi) is 3.73. The molecule has 0 unspecified atom stereocenters. The van der Waals surface area contributed by atoms with Crippen molar-refractivity contribution in [1.82, 2.24) is 9.88 Å². The molecule has 0 radical (unpaired) electrons.